The fourth-order valence-corrected chi connectivity index (χ4v) is 3.45. The third kappa shape index (κ3) is 3.72. The van der Waals surface area contributed by atoms with E-state index in [1.165, 1.54) is 0 Å². The Morgan fingerprint density at radius 2 is 2.08 bits per heavy atom. The second kappa shape index (κ2) is 7.60. The van der Waals surface area contributed by atoms with Crippen molar-refractivity contribution in [2.24, 2.45) is 5.92 Å². The van der Waals surface area contributed by atoms with Gasteiger partial charge in [0.25, 0.3) is 5.91 Å². The van der Waals surface area contributed by atoms with E-state index in [0.29, 0.717) is 29.5 Å². The lowest BCUT2D eigenvalue weighted by Gasteiger charge is -2.28. The van der Waals surface area contributed by atoms with Crippen LogP contribution < -0.4 is 9.47 Å². The molecule has 26 heavy (non-hydrogen) atoms. The Morgan fingerprint density at radius 3 is 2.88 bits per heavy atom. The van der Waals surface area contributed by atoms with Gasteiger partial charge in [-0.05, 0) is 55.5 Å². The topological polar surface area (TPSA) is 51.7 Å². The van der Waals surface area contributed by atoms with Gasteiger partial charge in [0.1, 0.15) is 0 Å². The van der Waals surface area contributed by atoms with Gasteiger partial charge in [-0.15, -0.1) is 0 Å². The third-order valence-corrected chi connectivity index (χ3v) is 4.84. The molecule has 1 amide bonds. The zero-order valence-corrected chi connectivity index (χ0v) is 14.6. The first kappa shape index (κ1) is 16.6. The molecule has 4 rings (SSSR count). The van der Waals surface area contributed by atoms with Crippen molar-refractivity contribution in [2.45, 2.75) is 25.8 Å². The zero-order chi connectivity index (χ0) is 17.8. The molecule has 1 aliphatic carbocycles. The van der Waals surface area contributed by atoms with Crippen LogP contribution in [0.2, 0.25) is 0 Å². The minimum absolute atomic E-state index is 0.00325. The number of benzene rings is 1. The van der Waals surface area contributed by atoms with E-state index < -0.39 is 0 Å². The normalized spacial score (nSPS) is 17.9. The average molecular weight is 350 g/mol. The maximum absolute atomic E-state index is 13.2. The van der Waals surface area contributed by atoms with Crippen molar-refractivity contribution < 1.29 is 14.3 Å². The van der Waals surface area contributed by atoms with E-state index in [1.54, 1.807) is 18.3 Å². The Kier molecular flexibility index (Phi) is 4.86. The smallest absolute Gasteiger partial charge is 0.254 e. The van der Waals surface area contributed by atoms with Crippen LogP contribution in [0.5, 0.6) is 11.5 Å². The highest BCUT2D eigenvalue weighted by Crippen LogP contribution is 2.33. The van der Waals surface area contributed by atoms with Crippen LogP contribution >= 0.6 is 0 Å². The van der Waals surface area contributed by atoms with Gasteiger partial charge in [0.2, 0.25) is 6.79 Å². The van der Waals surface area contributed by atoms with E-state index in [0.717, 1.165) is 31.5 Å². The summed E-state index contributed by atoms with van der Waals surface area (Å²) in [4.78, 5) is 19.5. The number of carbonyl (C=O) groups excluding carboxylic acids is 1. The van der Waals surface area contributed by atoms with Gasteiger partial charge in [-0.25, -0.2) is 0 Å². The molecule has 5 heteroatoms. The first-order valence-corrected chi connectivity index (χ1v) is 9.03. The second-order valence-corrected chi connectivity index (χ2v) is 6.73. The highest BCUT2D eigenvalue weighted by molar-refractivity contribution is 5.95. The van der Waals surface area contributed by atoms with E-state index in [1.807, 2.05) is 29.2 Å². The van der Waals surface area contributed by atoms with E-state index in [4.69, 9.17) is 9.47 Å². The summed E-state index contributed by atoms with van der Waals surface area (Å²) in [5, 5.41) is 0. The number of nitrogens with zero attached hydrogens (tertiary/aromatic N) is 2. The maximum Gasteiger partial charge on any atom is 0.254 e. The molecule has 0 fully saturated rings. The first-order chi connectivity index (χ1) is 12.8. The largest absolute Gasteiger partial charge is 0.454 e. The SMILES string of the molecule is O=C(c1ccc2c(c1)OCO2)N(Cc1ccccn1)C[C@H]1CC=CCC1. The first-order valence-electron chi connectivity index (χ1n) is 9.03. The summed E-state index contributed by atoms with van der Waals surface area (Å²) >= 11 is 0. The van der Waals surface area contributed by atoms with Crippen molar-refractivity contribution in [2.75, 3.05) is 13.3 Å². The summed E-state index contributed by atoms with van der Waals surface area (Å²) in [6.45, 7) is 1.45. The molecule has 0 bridgehead atoms. The summed E-state index contributed by atoms with van der Waals surface area (Å²) in [6.07, 6.45) is 9.43. The van der Waals surface area contributed by atoms with Crippen LogP contribution in [0.3, 0.4) is 0 Å². The number of aromatic nitrogens is 1. The molecule has 0 radical (unpaired) electrons. The monoisotopic (exact) mass is 350 g/mol. The Balaban J connectivity index is 1.56. The van der Waals surface area contributed by atoms with Gasteiger partial charge >= 0.3 is 0 Å². The molecule has 2 aliphatic rings. The molecule has 134 valence electrons. The van der Waals surface area contributed by atoms with Gasteiger partial charge in [-0.3, -0.25) is 9.78 Å². The molecule has 1 aliphatic heterocycles. The molecule has 0 saturated heterocycles. The number of carbonyl (C=O) groups is 1. The highest BCUT2D eigenvalue weighted by Gasteiger charge is 2.23. The van der Waals surface area contributed by atoms with E-state index >= 15 is 0 Å². The maximum atomic E-state index is 13.2. The quantitative estimate of drug-likeness (QED) is 0.770. The highest BCUT2D eigenvalue weighted by atomic mass is 16.7. The van der Waals surface area contributed by atoms with Gasteiger partial charge in [0.05, 0.1) is 12.2 Å². The lowest BCUT2D eigenvalue weighted by atomic mass is 9.93. The van der Waals surface area contributed by atoms with Crippen LogP contribution in [-0.4, -0.2) is 29.1 Å². The Morgan fingerprint density at radius 1 is 1.15 bits per heavy atom. The van der Waals surface area contributed by atoms with Gasteiger partial charge < -0.3 is 14.4 Å². The van der Waals surface area contributed by atoms with Gasteiger partial charge in [0, 0.05) is 18.3 Å². The molecule has 0 saturated carbocycles. The number of rotatable bonds is 5. The number of fused-ring (bicyclic) bond motifs is 1. The Labute approximate surface area is 153 Å². The van der Waals surface area contributed by atoms with E-state index in [9.17, 15) is 4.79 Å². The number of hydrogen-bond acceptors (Lipinski definition) is 4. The molecular formula is C21H22N2O3. The summed E-state index contributed by atoms with van der Waals surface area (Å²) in [5.74, 6) is 1.81. The van der Waals surface area contributed by atoms with Crippen LogP contribution in [0.4, 0.5) is 0 Å². The number of amides is 1. The van der Waals surface area contributed by atoms with Gasteiger partial charge in [-0.1, -0.05) is 18.2 Å². The molecule has 2 heterocycles. The molecule has 2 aromatic rings. The van der Waals surface area contributed by atoms with Crippen molar-refractivity contribution in [3.05, 3.63) is 66.0 Å². The Hall–Kier alpha value is -2.82. The molecule has 1 aromatic heterocycles. The number of allylic oxidation sites excluding steroid dienone is 2. The molecule has 5 nitrogen and oxygen atoms in total. The standard InChI is InChI=1S/C21H22N2O3/c24-21(17-9-10-19-20(12-17)26-15-25-19)23(13-16-6-2-1-3-7-16)14-18-8-4-5-11-22-18/h1-2,4-5,8-12,16H,3,6-7,13-15H2/t16-/m0/s1. The minimum atomic E-state index is 0.00325. The summed E-state index contributed by atoms with van der Waals surface area (Å²) < 4.78 is 10.8. The molecule has 1 aromatic carbocycles. The van der Waals surface area contributed by atoms with Crippen LogP contribution in [0, 0.1) is 5.92 Å². The van der Waals surface area contributed by atoms with Gasteiger partial charge in [0.15, 0.2) is 11.5 Å². The predicted molar refractivity (Wildman–Crippen MR) is 98.0 cm³/mol. The van der Waals surface area contributed by atoms with Crippen molar-refractivity contribution in [3.8, 4) is 11.5 Å². The Bertz CT molecular complexity index is 804. The number of pyridine rings is 1. The van der Waals surface area contributed by atoms with Crippen molar-refractivity contribution >= 4 is 5.91 Å². The lowest BCUT2D eigenvalue weighted by molar-refractivity contribution is 0.0707. The van der Waals surface area contributed by atoms with Crippen molar-refractivity contribution in [1.82, 2.24) is 9.88 Å². The van der Waals surface area contributed by atoms with E-state index in [-0.39, 0.29) is 12.7 Å². The molecular weight excluding hydrogens is 328 g/mol. The summed E-state index contributed by atoms with van der Waals surface area (Å²) in [5.41, 5.74) is 1.52. The predicted octanol–water partition coefficient (Wildman–Crippen LogP) is 3.81. The van der Waals surface area contributed by atoms with Crippen molar-refractivity contribution in [3.63, 3.8) is 0 Å². The van der Waals surface area contributed by atoms with Crippen LogP contribution in [0.1, 0.15) is 35.3 Å². The number of hydrogen-bond donors (Lipinski definition) is 0. The fraction of sp³-hybridized carbons (Fsp3) is 0.333. The third-order valence-electron chi connectivity index (χ3n) is 4.84. The van der Waals surface area contributed by atoms with E-state index in [2.05, 4.69) is 17.1 Å². The van der Waals surface area contributed by atoms with Crippen molar-refractivity contribution in [1.29, 1.82) is 0 Å². The van der Waals surface area contributed by atoms with Crippen LogP contribution in [0.25, 0.3) is 0 Å². The van der Waals surface area contributed by atoms with Crippen LogP contribution in [-0.2, 0) is 6.54 Å². The fourth-order valence-electron chi connectivity index (χ4n) is 3.45. The molecule has 1 atom stereocenters. The molecule has 0 spiro atoms. The minimum Gasteiger partial charge on any atom is -0.454 e. The summed E-state index contributed by atoms with van der Waals surface area (Å²) in [7, 11) is 0. The van der Waals surface area contributed by atoms with Gasteiger partial charge in [-0.2, -0.15) is 0 Å². The number of ether oxygens (including phenoxy) is 2. The summed E-state index contributed by atoms with van der Waals surface area (Å²) in [6, 6.07) is 11.2. The zero-order valence-electron chi connectivity index (χ0n) is 14.6. The second-order valence-electron chi connectivity index (χ2n) is 6.73. The van der Waals surface area contributed by atoms with Crippen LogP contribution in [0.15, 0.2) is 54.7 Å². The lowest BCUT2D eigenvalue weighted by Crippen LogP contribution is -2.35. The molecule has 0 unspecified atom stereocenters. The molecule has 0 N–H and O–H groups in total. The average Bonchev–Trinajstić information content (AvgIpc) is 3.16.